The van der Waals surface area contributed by atoms with E-state index in [1.54, 1.807) is 18.2 Å². The average Bonchev–Trinajstić information content (AvgIpc) is 2.56. The molecule has 1 aromatic heterocycles. The van der Waals surface area contributed by atoms with Crippen LogP contribution in [-0.4, -0.2) is 10.1 Å². The second-order valence-electron chi connectivity index (χ2n) is 2.86. The molecule has 16 heavy (non-hydrogen) atoms. The molecule has 0 saturated carbocycles. The number of thiol groups is 1. The fraction of sp³-hybridized carbons (Fsp3) is 0. The maximum absolute atomic E-state index is 11.0. The summed E-state index contributed by atoms with van der Waals surface area (Å²) in [6.07, 6.45) is 0. The number of nitrogens with one attached hydrogen (secondary N) is 1. The molecule has 0 aliphatic rings. The zero-order valence-corrected chi connectivity index (χ0v) is 9.63. The van der Waals surface area contributed by atoms with Crippen LogP contribution in [0.25, 0.3) is 0 Å². The number of aromatic hydroxyl groups is 1. The molecule has 0 unspecified atom stereocenters. The maximum atomic E-state index is 11.0. The quantitative estimate of drug-likeness (QED) is 0.568. The van der Waals surface area contributed by atoms with E-state index in [1.165, 1.54) is 6.07 Å². The summed E-state index contributed by atoms with van der Waals surface area (Å²) in [6.45, 7) is 0. The topological polar surface area (TPSA) is 77.8 Å². The van der Waals surface area contributed by atoms with Crippen LogP contribution >= 0.6 is 24.0 Å². The first-order valence-electron chi connectivity index (χ1n) is 4.28. The number of hydrogen-bond donors (Lipinski definition) is 3. The first-order chi connectivity index (χ1) is 7.66. The van der Waals surface area contributed by atoms with Gasteiger partial charge in [0.15, 0.2) is 5.00 Å². The van der Waals surface area contributed by atoms with Crippen LogP contribution in [0, 0.1) is 0 Å². The smallest absolute Gasteiger partial charge is 0.307 e. The first-order valence-corrected chi connectivity index (χ1v) is 5.55. The van der Waals surface area contributed by atoms with Gasteiger partial charge in [-0.3, -0.25) is 4.79 Å². The van der Waals surface area contributed by atoms with E-state index in [0.717, 1.165) is 11.3 Å². The van der Waals surface area contributed by atoms with Crippen molar-refractivity contribution in [1.29, 1.82) is 0 Å². The van der Waals surface area contributed by atoms with Crippen molar-refractivity contribution in [1.82, 2.24) is 4.98 Å². The minimum atomic E-state index is -0.240. The van der Waals surface area contributed by atoms with Crippen molar-refractivity contribution in [2.45, 2.75) is 5.03 Å². The van der Waals surface area contributed by atoms with Crippen molar-refractivity contribution in [3.8, 4) is 5.75 Å². The fourth-order valence-electron chi connectivity index (χ4n) is 1.03. The summed E-state index contributed by atoms with van der Waals surface area (Å²) in [4.78, 5) is 13.2. The number of thiazole rings is 1. The molecule has 2 aromatic rings. The number of aromatic nitrogens is 1. The predicted molar refractivity (Wildman–Crippen MR) is 64.5 cm³/mol. The van der Waals surface area contributed by atoms with Gasteiger partial charge in [0.1, 0.15) is 16.5 Å². The monoisotopic (exact) mass is 253 g/mol. The molecule has 0 aliphatic heterocycles. The number of benzene rings is 1. The lowest BCUT2D eigenvalue weighted by Crippen LogP contribution is -1.89. The molecule has 0 radical (unpaired) electrons. The summed E-state index contributed by atoms with van der Waals surface area (Å²) in [5.41, 5.74) is 0.344. The van der Waals surface area contributed by atoms with Gasteiger partial charge in [0.25, 0.3) is 0 Å². The number of rotatable bonds is 2. The van der Waals surface area contributed by atoms with Gasteiger partial charge in [-0.25, -0.2) is 0 Å². The Morgan fingerprint density at radius 1 is 1.31 bits per heavy atom. The van der Waals surface area contributed by atoms with Crippen LogP contribution in [0.15, 0.2) is 44.3 Å². The average molecular weight is 253 g/mol. The largest absolute Gasteiger partial charge is 0.506 e. The highest BCUT2D eigenvalue weighted by molar-refractivity contribution is 7.80. The summed E-state index contributed by atoms with van der Waals surface area (Å²) >= 11 is 4.94. The van der Waals surface area contributed by atoms with Gasteiger partial charge in [-0.05, 0) is 12.1 Å². The third kappa shape index (κ3) is 2.31. The van der Waals surface area contributed by atoms with Crippen LogP contribution < -0.4 is 4.87 Å². The van der Waals surface area contributed by atoms with E-state index in [4.69, 9.17) is 0 Å². The number of nitrogens with zero attached hydrogens (tertiary/aromatic N) is 2. The molecule has 1 aromatic carbocycles. The third-order valence-electron chi connectivity index (χ3n) is 1.74. The Morgan fingerprint density at radius 3 is 2.69 bits per heavy atom. The number of phenolic OH excluding ortho intramolecular Hbond substituents is 1. The summed E-state index contributed by atoms with van der Waals surface area (Å²) < 4.78 is 0. The van der Waals surface area contributed by atoms with Gasteiger partial charge in [0.05, 0.1) is 0 Å². The zero-order valence-electron chi connectivity index (χ0n) is 7.91. The lowest BCUT2D eigenvalue weighted by molar-refractivity contribution is 0.476. The molecule has 0 amide bonds. The minimum absolute atomic E-state index is 0.0369. The molecule has 0 saturated heterocycles. The van der Waals surface area contributed by atoms with E-state index < -0.39 is 0 Å². The van der Waals surface area contributed by atoms with Crippen molar-refractivity contribution in [3.05, 3.63) is 33.9 Å². The fourth-order valence-corrected chi connectivity index (χ4v) is 1.94. The normalized spacial score (nSPS) is 11.1. The molecule has 5 nitrogen and oxygen atoms in total. The van der Waals surface area contributed by atoms with Crippen molar-refractivity contribution >= 4 is 34.7 Å². The molecule has 82 valence electrons. The Hall–Kier alpha value is -1.60. The number of phenols is 1. The van der Waals surface area contributed by atoms with E-state index in [9.17, 15) is 9.90 Å². The standard InChI is InChI=1S/C9H7N3O2S2/c13-6-4-2-1-3-5(6)11-12-8-7(15)10-9(14)16-8/h1-4,13,15H,(H,10,14). The summed E-state index contributed by atoms with van der Waals surface area (Å²) in [6, 6.07) is 6.55. The SMILES string of the molecule is O=c1[nH]c(S)c(N=Nc2ccccc2O)s1. The van der Waals surface area contributed by atoms with E-state index in [2.05, 4.69) is 27.8 Å². The molecule has 0 atom stereocenters. The summed E-state index contributed by atoms with van der Waals surface area (Å²) in [5, 5.41) is 17.8. The molecule has 2 N–H and O–H groups in total. The predicted octanol–water partition coefficient (Wildman–Crippen LogP) is 2.85. The van der Waals surface area contributed by atoms with Crippen molar-refractivity contribution in [3.63, 3.8) is 0 Å². The lowest BCUT2D eigenvalue weighted by Gasteiger charge is -1.94. The molecule has 0 spiro atoms. The molecule has 0 aliphatic carbocycles. The maximum Gasteiger partial charge on any atom is 0.307 e. The summed E-state index contributed by atoms with van der Waals surface area (Å²) in [7, 11) is 0. The van der Waals surface area contributed by atoms with Gasteiger partial charge < -0.3 is 10.1 Å². The molecule has 7 heteroatoms. The molecule has 0 fully saturated rings. The van der Waals surface area contributed by atoms with Gasteiger partial charge in [-0.15, -0.1) is 22.9 Å². The van der Waals surface area contributed by atoms with Gasteiger partial charge in [0.2, 0.25) is 0 Å². The lowest BCUT2D eigenvalue weighted by atomic mass is 10.3. The Morgan fingerprint density at radius 2 is 2.06 bits per heavy atom. The van der Waals surface area contributed by atoms with Crippen LogP contribution in [0.3, 0.4) is 0 Å². The van der Waals surface area contributed by atoms with Crippen LogP contribution in [0.4, 0.5) is 10.7 Å². The first kappa shape index (κ1) is 10.9. The van der Waals surface area contributed by atoms with Crippen molar-refractivity contribution in [2.24, 2.45) is 10.2 Å². The van der Waals surface area contributed by atoms with Gasteiger partial charge in [0, 0.05) is 0 Å². The van der Waals surface area contributed by atoms with E-state index in [1.807, 2.05) is 0 Å². The molecular weight excluding hydrogens is 246 g/mol. The van der Waals surface area contributed by atoms with Crippen LogP contribution in [0.1, 0.15) is 0 Å². The number of hydrogen-bond acceptors (Lipinski definition) is 6. The van der Waals surface area contributed by atoms with Crippen LogP contribution in [-0.2, 0) is 0 Å². The number of para-hydroxylation sites is 1. The second kappa shape index (κ2) is 4.50. The highest BCUT2D eigenvalue weighted by atomic mass is 32.1. The molecular formula is C9H7N3O2S2. The van der Waals surface area contributed by atoms with Gasteiger partial charge >= 0.3 is 4.87 Å². The van der Waals surface area contributed by atoms with Gasteiger partial charge in [-0.1, -0.05) is 23.5 Å². The Balaban J connectivity index is 2.32. The number of azo groups is 1. The Labute approximate surface area is 99.9 Å². The minimum Gasteiger partial charge on any atom is -0.506 e. The third-order valence-corrected chi connectivity index (χ3v) is 2.98. The Bertz CT molecular complexity index is 588. The molecule has 0 bridgehead atoms. The highest BCUT2D eigenvalue weighted by Crippen LogP contribution is 2.30. The molecule has 2 rings (SSSR count). The second-order valence-corrected chi connectivity index (χ2v) is 4.27. The van der Waals surface area contributed by atoms with Crippen LogP contribution in [0.5, 0.6) is 5.75 Å². The van der Waals surface area contributed by atoms with E-state index in [0.29, 0.717) is 15.7 Å². The summed E-state index contributed by atoms with van der Waals surface area (Å²) in [5.74, 6) is 0.0369. The van der Waals surface area contributed by atoms with E-state index >= 15 is 0 Å². The number of H-pyrrole nitrogens is 1. The Kier molecular flexibility index (Phi) is 3.07. The van der Waals surface area contributed by atoms with Crippen molar-refractivity contribution in [2.75, 3.05) is 0 Å². The highest BCUT2D eigenvalue weighted by Gasteiger charge is 2.03. The molecule has 1 heterocycles. The van der Waals surface area contributed by atoms with Crippen LogP contribution in [0.2, 0.25) is 0 Å². The van der Waals surface area contributed by atoms with Crippen molar-refractivity contribution < 1.29 is 5.11 Å². The zero-order chi connectivity index (χ0) is 11.5. The van der Waals surface area contributed by atoms with Gasteiger partial charge in [-0.2, -0.15) is 0 Å². The van der Waals surface area contributed by atoms with E-state index in [-0.39, 0.29) is 10.6 Å². The number of aromatic amines is 1.